The van der Waals surface area contributed by atoms with E-state index in [2.05, 4.69) is 29.6 Å². The van der Waals surface area contributed by atoms with Gasteiger partial charge >= 0.3 is 19.7 Å². The summed E-state index contributed by atoms with van der Waals surface area (Å²) in [6, 6.07) is 14.2. The van der Waals surface area contributed by atoms with Gasteiger partial charge in [0.05, 0.1) is 6.16 Å². The minimum absolute atomic E-state index is 0.00184. The van der Waals surface area contributed by atoms with Crippen molar-refractivity contribution in [1.29, 1.82) is 0 Å². The number of rotatable bonds is 14. The highest BCUT2D eigenvalue weighted by Gasteiger charge is 2.59. The molecule has 0 saturated heterocycles. The Kier molecular flexibility index (Phi) is 11.2. The number of unbranched alkanes of at least 4 members (excludes halogenated alkanes) is 2. The van der Waals surface area contributed by atoms with Crippen LogP contribution in [0.15, 0.2) is 48.5 Å². The van der Waals surface area contributed by atoms with Crippen molar-refractivity contribution in [1.82, 2.24) is 5.32 Å². The summed E-state index contributed by atoms with van der Waals surface area (Å²) >= 11 is 0. The largest absolute Gasteiger partial charge is 0.458 e. The van der Waals surface area contributed by atoms with Crippen molar-refractivity contribution in [2.45, 2.75) is 94.7 Å². The van der Waals surface area contributed by atoms with Gasteiger partial charge in [0.15, 0.2) is 0 Å². The second-order valence-electron chi connectivity index (χ2n) is 10.7. The lowest BCUT2D eigenvalue weighted by Crippen LogP contribution is -2.35. The van der Waals surface area contributed by atoms with Crippen LogP contribution in [0, 0.1) is 0 Å². The third-order valence-electron chi connectivity index (χ3n) is 7.80. The van der Waals surface area contributed by atoms with E-state index in [1.807, 2.05) is 6.07 Å². The number of benzene rings is 2. The molecule has 0 aromatic heterocycles. The number of hydrogen-bond donors (Lipinski definition) is 3. The second-order valence-corrected chi connectivity index (χ2v) is 12.5. The molecule has 0 spiro atoms. The summed E-state index contributed by atoms with van der Waals surface area (Å²) in [5.41, 5.74) is 0.697. The Balaban J connectivity index is 1.62. The van der Waals surface area contributed by atoms with Crippen LogP contribution in [0.25, 0.3) is 0 Å². The minimum Gasteiger partial charge on any atom is -0.324 e. The lowest BCUT2D eigenvalue weighted by atomic mass is 9.66. The van der Waals surface area contributed by atoms with E-state index < -0.39 is 25.3 Å². The molecule has 39 heavy (non-hydrogen) atoms. The number of alkyl halides is 5. The Morgan fingerprint density at radius 2 is 1.56 bits per heavy atom. The van der Waals surface area contributed by atoms with Crippen LogP contribution in [0.2, 0.25) is 0 Å². The predicted octanol–water partition coefficient (Wildman–Crippen LogP) is 8.00. The summed E-state index contributed by atoms with van der Waals surface area (Å²) in [5.74, 6) is -4.97. The van der Waals surface area contributed by atoms with Crippen LogP contribution in [0.3, 0.4) is 0 Å². The number of nitrogens with one attached hydrogen (secondary N) is 1. The highest BCUT2D eigenvalue weighted by molar-refractivity contribution is 7.51. The van der Waals surface area contributed by atoms with Gasteiger partial charge in [0, 0.05) is 12.1 Å². The monoisotopic (exact) mass is 575 g/mol. The Morgan fingerprint density at radius 1 is 0.872 bits per heavy atom. The molecule has 3 N–H and O–H groups in total. The first-order chi connectivity index (χ1) is 18.3. The standard InChI is InChI=1S/C29H39F5NO3P/c30-28(31,29(32,33)34)26-21-23(22-35-19-10-20-39(36,37)38)14-15-24(26)11-4-2-7-16-27(17-8-3-9-18-27)25-12-5-1-6-13-25/h1,5-6,12-15,21,35H,2-4,7-11,16-20,22H2,(H2,36,37,38). The van der Waals surface area contributed by atoms with Crippen LogP contribution < -0.4 is 5.32 Å². The van der Waals surface area contributed by atoms with Gasteiger partial charge in [-0.25, -0.2) is 0 Å². The summed E-state index contributed by atoms with van der Waals surface area (Å²) in [5, 5.41) is 2.85. The molecule has 0 heterocycles. The molecule has 10 heteroatoms. The first-order valence-electron chi connectivity index (χ1n) is 13.7. The van der Waals surface area contributed by atoms with Gasteiger partial charge in [0.25, 0.3) is 0 Å². The quantitative estimate of drug-likeness (QED) is 0.121. The Hall–Kier alpha value is -1.80. The van der Waals surface area contributed by atoms with Crippen molar-refractivity contribution in [3.63, 3.8) is 0 Å². The van der Waals surface area contributed by atoms with Gasteiger partial charge in [-0.15, -0.1) is 0 Å². The van der Waals surface area contributed by atoms with E-state index in [9.17, 15) is 26.5 Å². The Morgan fingerprint density at radius 3 is 2.21 bits per heavy atom. The summed E-state index contributed by atoms with van der Waals surface area (Å²) in [7, 11) is -4.14. The first kappa shape index (κ1) is 31.7. The Labute approximate surface area is 227 Å². The third-order valence-corrected chi connectivity index (χ3v) is 8.70. The average molecular weight is 576 g/mol. The normalized spacial score (nSPS) is 16.4. The molecule has 3 rings (SSSR count). The van der Waals surface area contributed by atoms with Crippen LogP contribution in [0.5, 0.6) is 0 Å². The summed E-state index contributed by atoms with van der Waals surface area (Å²) in [4.78, 5) is 17.8. The second kappa shape index (κ2) is 13.7. The maximum absolute atomic E-state index is 14.5. The molecular formula is C29H39F5NO3P. The SMILES string of the molecule is O=P(O)(O)CCCNCc1ccc(CCCCCC2(c3ccccc3)CCCCC2)c(C(F)(F)C(F)(F)F)c1. The van der Waals surface area contributed by atoms with Crippen molar-refractivity contribution in [3.05, 3.63) is 70.8 Å². The van der Waals surface area contributed by atoms with Crippen molar-refractivity contribution in [3.8, 4) is 0 Å². The van der Waals surface area contributed by atoms with Gasteiger partial charge in [0.2, 0.25) is 0 Å². The molecule has 1 aliphatic rings. The topological polar surface area (TPSA) is 69.6 Å². The van der Waals surface area contributed by atoms with Crippen LogP contribution in [0.4, 0.5) is 22.0 Å². The number of aryl methyl sites for hydroxylation is 1. The lowest BCUT2D eigenvalue weighted by molar-refractivity contribution is -0.289. The smallest absolute Gasteiger partial charge is 0.324 e. The maximum atomic E-state index is 14.5. The molecule has 0 bridgehead atoms. The van der Waals surface area contributed by atoms with E-state index in [-0.39, 0.29) is 48.6 Å². The highest BCUT2D eigenvalue weighted by atomic mass is 31.2. The van der Waals surface area contributed by atoms with Crippen molar-refractivity contribution in [2.24, 2.45) is 0 Å². The van der Waals surface area contributed by atoms with Gasteiger partial charge in [-0.3, -0.25) is 4.57 Å². The molecule has 218 valence electrons. The molecule has 1 aliphatic carbocycles. The molecule has 4 nitrogen and oxygen atoms in total. The van der Waals surface area contributed by atoms with Crippen molar-refractivity contribution in [2.75, 3.05) is 12.7 Å². The summed E-state index contributed by atoms with van der Waals surface area (Å²) < 4.78 is 79.8. The van der Waals surface area contributed by atoms with Crippen LogP contribution >= 0.6 is 7.60 Å². The molecule has 1 saturated carbocycles. The minimum atomic E-state index is -5.71. The first-order valence-corrected chi connectivity index (χ1v) is 15.5. The lowest BCUT2D eigenvalue weighted by Gasteiger charge is -2.38. The van der Waals surface area contributed by atoms with Gasteiger partial charge in [-0.2, -0.15) is 22.0 Å². The number of halogens is 5. The van der Waals surface area contributed by atoms with E-state index in [1.54, 1.807) is 0 Å². The highest BCUT2D eigenvalue weighted by Crippen LogP contribution is 2.46. The molecule has 0 amide bonds. The molecule has 1 fully saturated rings. The van der Waals surface area contributed by atoms with Gasteiger partial charge in [-0.1, -0.05) is 74.6 Å². The molecule has 2 aromatic rings. The van der Waals surface area contributed by atoms with E-state index in [4.69, 9.17) is 9.79 Å². The van der Waals surface area contributed by atoms with Gasteiger partial charge < -0.3 is 15.1 Å². The molecule has 0 unspecified atom stereocenters. The van der Waals surface area contributed by atoms with E-state index in [0.29, 0.717) is 6.42 Å². The third kappa shape index (κ3) is 9.10. The zero-order valence-corrected chi connectivity index (χ0v) is 23.1. The fourth-order valence-electron chi connectivity index (χ4n) is 5.70. The summed E-state index contributed by atoms with van der Waals surface area (Å²) in [6.07, 6.45) is 3.19. The Bertz CT molecular complexity index is 1080. The fraction of sp³-hybridized carbons (Fsp3) is 0.586. The predicted molar refractivity (Wildman–Crippen MR) is 143 cm³/mol. The molecule has 0 atom stereocenters. The maximum Gasteiger partial charge on any atom is 0.458 e. The number of hydrogen-bond acceptors (Lipinski definition) is 2. The van der Waals surface area contributed by atoms with Gasteiger partial charge in [-0.05, 0) is 73.2 Å². The molecule has 0 radical (unpaired) electrons. The molecule has 2 aromatic carbocycles. The van der Waals surface area contributed by atoms with Crippen LogP contribution in [-0.4, -0.2) is 28.7 Å². The molecule has 0 aliphatic heterocycles. The van der Waals surface area contributed by atoms with E-state index >= 15 is 0 Å². The zero-order chi connectivity index (χ0) is 28.6. The van der Waals surface area contributed by atoms with Crippen molar-refractivity contribution < 1.29 is 36.3 Å². The van der Waals surface area contributed by atoms with Gasteiger partial charge in [0.1, 0.15) is 0 Å². The van der Waals surface area contributed by atoms with Crippen LogP contribution in [-0.2, 0) is 28.9 Å². The van der Waals surface area contributed by atoms with E-state index in [0.717, 1.165) is 38.2 Å². The van der Waals surface area contributed by atoms with Crippen LogP contribution in [0.1, 0.15) is 86.5 Å². The average Bonchev–Trinajstić information content (AvgIpc) is 2.88. The summed E-state index contributed by atoms with van der Waals surface area (Å²) in [6.45, 7) is 0.215. The zero-order valence-electron chi connectivity index (χ0n) is 22.2. The fourth-order valence-corrected chi connectivity index (χ4v) is 6.27. The van der Waals surface area contributed by atoms with E-state index in [1.165, 1.54) is 37.0 Å². The van der Waals surface area contributed by atoms with Crippen molar-refractivity contribution >= 4 is 7.60 Å². The molecular weight excluding hydrogens is 536 g/mol.